The molecule has 0 fully saturated rings. The van der Waals surface area contributed by atoms with E-state index in [1.807, 2.05) is 0 Å². The fraction of sp³-hybridized carbons (Fsp3) is 0.400. The Morgan fingerprint density at radius 2 is 2.27 bits per heavy atom. The van der Waals surface area contributed by atoms with Crippen LogP contribution in [0.1, 0.15) is 24.3 Å². The van der Waals surface area contributed by atoms with Crippen molar-refractivity contribution in [3.8, 4) is 0 Å². The van der Waals surface area contributed by atoms with Crippen molar-refractivity contribution in [3.63, 3.8) is 0 Å². The lowest BCUT2D eigenvalue weighted by atomic mass is 10.0. The minimum absolute atomic E-state index is 0.227. The number of esters is 1. The van der Waals surface area contributed by atoms with Crippen molar-refractivity contribution in [3.05, 3.63) is 24.3 Å². The minimum atomic E-state index is -0.820. The van der Waals surface area contributed by atoms with Gasteiger partial charge >= 0.3 is 5.97 Å². The summed E-state index contributed by atoms with van der Waals surface area (Å²) in [6.07, 6.45) is 2.73. The van der Waals surface area contributed by atoms with Crippen molar-refractivity contribution in [2.24, 2.45) is 5.92 Å². The highest BCUT2D eigenvalue weighted by Crippen LogP contribution is 2.07. The van der Waals surface area contributed by atoms with E-state index in [1.165, 1.54) is 25.5 Å². The number of carbonyl (C=O) groups is 2. The number of rotatable bonds is 4. The Morgan fingerprint density at radius 3 is 2.80 bits per heavy atom. The lowest BCUT2D eigenvalue weighted by Gasteiger charge is -2.08. The molecule has 0 saturated heterocycles. The van der Waals surface area contributed by atoms with Crippen LogP contribution in [-0.4, -0.2) is 28.3 Å². The number of Topliss-reactive ketones (excluding diaryl/α,β-unsaturated/α-hetero) is 1. The van der Waals surface area contributed by atoms with Crippen LogP contribution in [0.25, 0.3) is 0 Å². The molecule has 1 heterocycles. The van der Waals surface area contributed by atoms with Gasteiger partial charge in [0.1, 0.15) is 17.9 Å². The molecule has 1 unspecified atom stereocenters. The molecule has 5 heteroatoms. The number of aromatic nitrogens is 2. The zero-order valence-electron chi connectivity index (χ0n) is 8.64. The molecule has 0 amide bonds. The van der Waals surface area contributed by atoms with Crippen molar-refractivity contribution in [1.82, 2.24) is 9.97 Å². The van der Waals surface area contributed by atoms with Crippen LogP contribution in [0, 0.1) is 5.92 Å². The van der Waals surface area contributed by atoms with E-state index in [0.29, 0.717) is 0 Å². The Balaban J connectivity index is 2.73. The molecule has 0 saturated carbocycles. The van der Waals surface area contributed by atoms with Gasteiger partial charge in [-0.3, -0.25) is 9.59 Å². The smallest absolute Gasteiger partial charge is 0.316 e. The molecular weight excluding hydrogens is 196 g/mol. The van der Waals surface area contributed by atoms with Crippen molar-refractivity contribution in [2.75, 3.05) is 6.61 Å². The Morgan fingerprint density at radius 1 is 1.53 bits per heavy atom. The molecule has 80 valence electrons. The average molecular weight is 208 g/mol. The predicted molar refractivity (Wildman–Crippen MR) is 52.2 cm³/mol. The third-order valence-electron chi connectivity index (χ3n) is 1.87. The van der Waals surface area contributed by atoms with Gasteiger partial charge in [-0.25, -0.2) is 9.97 Å². The summed E-state index contributed by atoms with van der Waals surface area (Å²) in [5, 5.41) is 0. The summed E-state index contributed by atoms with van der Waals surface area (Å²) in [6, 6.07) is 1.47. The topological polar surface area (TPSA) is 69.2 Å². The van der Waals surface area contributed by atoms with Gasteiger partial charge in [0.05, 0.1) is 6.61 Å². The van der Waals surface area contributed by atoms with Crippen molar-refractivity contribution in [2.45, 2.75) is 13.8 Å². The Bertz CT molecular complexity index is 351. The summed E-state index contributed by atoms with van der Waals surface area (Å²) in [7, 11) is 0. The molecule has 0 aliphatic rings. The molecule has 1 rings (SSSR count). The van der Waals surface area contributed by atoms with Gasteiger partial charge in [0, 0.05) is 6.20 Å². The number of hydrogen-bond donors (Lipinski definition) is 0. The second kappa shape index (κ2) is 5.19. The fourth-order valence-corrected chi connectivity index (χ4v) is 1.03. The standard InChI is InChI=1S/C10H12N2O3/c1-3-15-10(14)7(2)9(13)8-4-5-11-6-12-8/h4-7H,3H2,1-2H3. The summed E-state index contributed by atoms with van der Waals surface area (Å²) in [6.45, 7) is 3.46. The molecule has 0 bridgehead atoms. The van der Waals surface area contributed by atoms with E-state index in [9.17, 15) is 9.59 Å². The molecule has 5 nitrogen and oxygen atoms in total. The third kappa shape index (κ3) is 2.83. The second-order valence-corrected chi connectivity index (χ2v) is 2.93. The van der Waals surface area contributed by atoms with Gasteiger partial charge in [0.15, 0.2) is 5.78 Å². The first-order valence-corrected chi connectivity index (χ1v) is 4.63. The summed E-state index contributed by atoms with van der Waals surface area (Å²) in [4.78, 5) is 30.4. The highest BCUT2D eigenvalue weighted by Gasteiger charge is 2.24. The Kier molecular flexibility index (Phi) is 3.91. The molecule has 0 N–H and O–H groups in total. The molecule has 15 heavy (non-hydrogen) atoms. The summed E-state index contributed by atoms with van der Waals surface area (Å²) < 4.78 is 4.74. The first-order chi connectivity index (χ1) is 7.16. The third-order valence-corrected chi connectivity index (χ3v) is 1.87. The number of ketones is 1. The molecule has 1 aromatic heterocycles. The fourth-order valence-electron chi connectivity index (χ4n) is 1.03. The van der Waals surface area contributed by atoms with Crippen LogP contribution in [0.15, 0.2) is 18.6 Å². The van der Waals surface area contributed by atoms with Crippen LogP contribution in [0.3, 0.4) is 0 Å². The van der Waals surface area contributed by atoms with E-state index in [2.05, 4.69) is 9.97 Å². The van der Waals surface area contributed by atoms with Crippen molar-refractivity contribution >= 4 is 11.8 Å². The first kappa shape index (κ1) is 11.3. The largest absolute Gasteiger partial charge is 0.465 e. The van der Waals surface area contributed by atoms with E-state index in [-0.39, 0.29) is 18.1 Å². The van der Waals surface area contributed by atoms with Gasteiger partial charge < -0.3 is 4.74 Å². The molecule has 0 aliphatic carbocycles. The van der Waals surface area contributed by atoms with Crippen molar-refractivity contribution < 1.29 is 14.3 Å². The highest BCUT2D eigenvalue weighted by molar-refractivity contribution is 6.07. The summed E-state index contributed by atoms with van der Waals surface area (Å²) in [5.74, 6) is -1.70. The van der Waals surface area contributed by atoms with E-state index >= 15 is 0 Å². The number of carbonyl (C=O) groups excluding carboxylic acids is 2. The first-order valence-electron chi connectivity index (χ1n) is 4.63. The maximum Gasteiger partial charge on any atom is 0.316 e. The lowest BCUT2D eigenvalue weighted by molar-refractivity contribution is -0.145. The Labute approximate surface area is 87.5 Å². The normalized spacial score (nSPS) is 11.9. The quantitative estimate of drug-likeness (QED) is 0.417. The molecule has 0 aliphatic heterocycles. The van der Waals surface area contributed by atoms with Gasteiger partial charge in [0.2, 0.25) is 0 Å². The van der Waals surface area contributed by atoms with Gasteiger partial charge in [-0.1, -0.05) is 0 Å². The van der Waals surface area contributed by atoms with Crippen LogP contribution in [0.5, 0.6) is 0 Å². The van der Waals surface area contributed by atoms with Crippen LogP contribution in [0.2, 0.25) is 0 Å². The predicted octanol–water partition coefficient (Wildman–Crippen LogP) is 0.859. The maximum atomic E-state index is 11.7. The molecule has 0 aromatic carbocycles. The van der Waals surface area contributed by atoms with E-state index in [1.54, 1.807) is 6.92 Å². The van der Waals surface area contributed by atoms with E-state index < -0.39 is 11.9 Å². The average Bonchev–Trinajstić information content (AvgIpc) is 2.28. The van der Waals surface area contributed by atoms with Crippen molar-refractivity contribution in [1.29, 1.82) is 0 Å². The van der Waals surface area contributed by atoms with Crippen LogP contribution in [0.4, 0.5) is 0 Å². The van der Waals surface area contributed by atoms with Crippen LogP contribution >= 0.6 is 0 Å². The van der Waals surface area contributed by atoms with Crippen LogP contribution < -0.4 is 0 Å². The molecule has 1 atom stereocenters. The van der Waals surface area contributed by atoms with Gasteiger partial charge in [-0.15, -0.1) is 0 Å². The number of ether oxygens (including phenoxy) is 1. The van der Waals surface area contributed by atoms with Gasteiger partial charge in [-0.05, 0) is 19.9 Å². The monoisotopic (exact) mass is 208 g/mol. The molecule has 1 aromatic rings. The van der Waals surface area contributed by atoms with Gasteiger partial charge in [-0.2, -0.15) is 0 Å². The Hall–Kier alpha value is -1.78. The second-order valence-electron chi connectivity index (χ2n) is 2.93. The SMILES string of the molecule is CCOC(=O)C(C)C(=O)c1ccncn1. The number of hydrogen-bond acceptors (Lipinski definition) is 5. The summed E-state index contributed by atoms with van der Waals surface area (Å²) >= 11 is 0. The minimum Gasteiger partial charge on any atom is -0.465 e. The van der Waals surface area contributed by atoms with Crippen LogP contribution in [-0.2, 0) is 9.53 Å². The number of nitrogens with zero attached hydrogens (tertiary/aromatic N) is 2. The molecular formula is C10H12N2O3. The van der Waals surface area contributed by atoms with Gasteiger partial charge in [0.25, 0.3) is 0 Å². The molecule has 0 radical (unpaired) electrons. The van der Waals surface area contributed by atoms with E-state index in [0.717, 1.165) is 0 Å². The zero-order valence-corrected chi connectivity index (χ0v) is 8.64. The zero-order chi connectivity index (χ0) is 11.3. The molecule has 0 spiro atoms. The maximum absolute atomic E-state index is 11.7. The lowest BCUT2D eigenvalue weighted by Crippen LogP contribution is -2.24. The highest BCUT2D eigenvalue weighted by atomic mass is 16.5. The van der Waals surface area contributed by atoms with E-state index in [4.69, 9.17) is 4.74 Å². The summed E-state index contributed by atoms with van der Waals surface area (Å²) in [5.41, 5.74) is 0.227.